The summed E-state index contributed by atoms with van der Waals surface area (Å²) < 4.78 is 39.1. The molecule has 1 nitrogen and oxygen atoms in total. The van der Waals surface area contributed by atoms with Gasteiger partial charge in [0.1, 0.15) is 0 Å². The Morgan fingerprint density at radius 2 is 1.95 bits per heavy atom. The van der Waals surface area contributed by atoms with Crippen molar-refractivity contribution >= 4 is 0 Å². The zero-order valence-electron chi connectivity index (χ0n) is 11.1. The summed E-state index contributed by atoms with van der Waals surface area (Å²) in [5, 5.41) is 3.19. The second-order valence-electron chi connectivity index (χ2n) is 5.22. The highest BCUT2D eigenvalue weighted by Gasteiger charge is 2.35. The van der Waals surface area contributed by atoms with Crippen molar-refractivity contribution in [1.82, 2.24) is 5.32 Å². The van der Waals surface area contributed by atoms with Crippen LogP contribution in [0.1, 0.15) is 49.8 Å². The molecule has 0 spiro atoms. The molecule has 2 rings (SSSR count). The molecule has 0 aliphatic heterocycles. The van der Waals surface area contributed by atoms with Gasteiger partial charge in [0.25, 0.3) is 0 Å². The van der Waals surface area contributed by atoms with Crippen LogP contribution in [-0.2, 0) is 6.18 Å². The van der Waals surface area contributed by atoms with Crippen LogP contribution in [-0.4, -0.2) is 6.54 Å². The number of rotatable bonds is 6. The van der Waals surface area contributed by atoms with E-state index in [-0.39, 0.29) is 6.04 Å². The Balaban J connectivity index is 2.18. The zero-order chi connectivity index (χ0) is 13.9. The van der Waals surface area contributed by atoms with Crippen LogP contribution in [0.2, 0.25) is 0 Å². The lowest BCUT2D eigenvalue weighted by Gasteiger charge is -2.22. The molecule has 1 atom stereocenters. The van der Waals surface area contributed by atoms with Gasteiger partial charge in [-0.05, 0) is 36.9 Å². The summed E-state index contributed by atoms with van der Waals surface area (Å²) in [6, 6.07) is 5.73. The predicted molar refractivity (Wildman–Crippen MR) is 69.8 cm³/mol. The molecule has 1 fully saturated rings. The van der Waals surface area contributed by atoms with Crippen LogP contribution in [0, 0.1) is 5.92 Å². The fraction of sp³-hybridized carbons (Fsp3) is 0.600. The van der Waals surface area contributed by atoms with Crippen LogP contribution in [0.15, 0.2) is 24.3 Å². The molecule has 1 saturated carbocycles. The van der Waals surface area contributed by atoms with Crippen molar-refractivity contribution in [2.75, 3.05) is 6.54 Å². The maximum atomic E-state index is 13.0. The van der Waals surface area contributed by atoms with Gasteiger partial charge in [-0.3, -0.25) is 0 Å². The molecule has 1 aromatic rings. The molecule has 1 aliphatic rings. The van der Waals surface area contributed by atoms with E-state index >= 15 is 0 Å². The molecular formula is C15H20F3N. The summed E-state index contributed by atoms with van der Waals surface area (Å²) in [6.07, 6.45) is -0.00116. The SMILES string of the molecule is CCNC(CCC1CC1)c1ccccc1C(F)(F)F. The zero-order valence-corrected chi connectivity index (χ0v) is 11.1. The largest absolute Gasteiger partial charge is 0.416 e. The first-order valence-corrected chi connectivity index (χ1v) is 6.92. The third-order valence-corrected chi connectivity index (χ3v) is 3.65. The summed E-state index contributed by atoms with van der Waals surface area (Å²) in [5.41, 5.74) is -0.116. The first-order valence-electron chi connectivity index (χ1n) is 6.92. The van der Waals surface area contributed by atoms with Gasteiger partial charge in [0.2, 0.25) is 0 Å². The maximum Gasteiger partial charge on any atom is 0.416 e. The minimum atomic E-state index is -4.27. The van der Waals surface area contributed by atoms with E-state index in [9.17, 15) is 13.2 Å². The second-order valence-corrected chi connectivity index (χ2v) is 5.22. The standard InChI is InChI=1S/C15H20F3N/c1-2-19-14(10-9-11-7-8-11)12-5-3-4-6-13(12)15(16,17)18/h3-6,11,14,19H,2,7-10H2,1H3. The number of halogens is 3. The Morgan fingerprint density at radius 3 is 2.53 bits per heavy atom. The lowest BCUT2D eigenvalue weighted by molar-refractivity contribution is -0.138. The van der Waals surface area contributed by atoms with Gasteiger partial charge in [-0.2, -0.15) is 13.2 Å². The van der Waals surface area contributed by atoms with E-state index < -0.39 is 11.7 Å². The van der Waals surface area contributed by atoms with E-state index in [4.69, 9.17) is 0 Å². The lowest BCUT2D eigenvalue weighted by Crippen LogP contribution is -2.24. The highest BCUT2D eigenvalue weighted by atomic mass is 19.4. The molecule has 0 saturated heterocycles. The summed E-state index contributed by atoms with van der Waals surface area (Å²) in [5.74, 6) is 0.735. The first kappa shape index (κ1) is 14.4. The van der Waals surface area contributed by atoms with Gasteiger partial charge in [-0.1, -0.05) is 38.0 Å². The summed E-state index contributed by atoms with van der Waals surface area (Å²) in [4.78, 5) is 0. The van der Waals surface area contributed by atoms with Crippen LogP contribution < -0.4 is 5.32 Å². The molecule has 1 aliphatic carbocycles. The van der Waals surface area contributed by atoms with Gasteiger partial charge in [0.05, 0.1) is 5.56 Å². The summed E-state index contributed by atoms with van der Waals surface area (Å²) >= 11 is 0. The highest BCUT2D eigenvalue weighted by molar-refractivity contribution is 5.32. The predicted octanol–water partition coefficient (Wildman–Crippen LogP) is 4.55. The molecule has 1 aromatic carbocycles. The number of alkyl halides is 3. The van der Waals surface area contributed by atoms with Gasteiger partial charge in [-0.25, -0.2) is 0 Å². The van der Waals surface area contributed by atoms with Crippen molar-refractivity contribution < 1.29 is 13.2 Å². The van der Waals surface area contributed by atoms with E-state index in [1.165, 1.54) is 25.0 Å². The molecule has 1 N–H and O–H groups in total. The maximum absolute atomic E-state index is 13.0. The van der Waals surface area contributed by atoms with Crippen LogP contribution in [0.4, 0.5) is 13.2 Å². The third kappa shape index (κ3) is 3.96. The summed E-state index contributed by atoms with van der Waals surface area (Å²) in [6.45, 7) is 2.61. The molecule has 4 heteroatoms. The second kappa shape index (κ2) is 5.95. The summed E-state index contributed by atoms with van der Waals surface area (Å²) in [7, 11) is 0. The van der Waals surface area contributed by atoms with Gasteiger partial charge in [-0.15, -0.1) is 0 Å². The van der Waals surface area contributed by atoms with Crippen molar-refractivity contribution in [3.8, 4) is 0 Å². The molecular weight excluding hydrogens is 251 g/mol. The van der Waals surface area contributed by atoms with Gasteiger partial charge in [0.15, 0.2) is 0 Å². The van der Waals surface area contributed by atoms with Crippen molar-refractivity contribution in [3.05, 3.63) is 35.4 Å². The van der Waals surface area contributed by atoms with E-state index in [1.54, 1.807) is 12.1 Å². The van der Waals surface area contributed by atoms with Crippen LogP contribution >= 0.6 is 0 Å². The molecule has 0 amide bonds. The topological polar surface area (TPSA) is 12.0 Å². The number of hydrogen-bond donors (Lipinski definition) is 1. The molecule has 0 heterocycles. The minimum absolute atomic E-state index is 0.191. The molecule has 0 bridgehead atoms. The number of hydrogen-bond acceptors (Lipinski definition) is 1. The van der Waals surface area contributed by atoms with Crippen LogP contribution in [0.5, 0.6) is 0 Å². The molecule has 106 valence electrons. The smallest absolute Gasteiger partial charge is 0.310 e. The number of benzene rings is 1. The Labute approximate surface area is 112 Å². The van der Waals surface area contributed by atoms with Crippen molar-refractivity contribution in [3.63, 3.8) is 0 Å². The Morgan fingerprint density at radius 1 is 1.26 bits per heavy atom. The van der Waals surface area contributed by atoms with E-state index in [0.29, 0.717) is 12.1 Å². The Bertz CT molecular complexity index is 410. The quantitative estimate of drug-likeness (QED) is 0.800. The van der Waals surface area contributed by atoms with E-state index in [0.717, 1.165) is 18.8 Å². The third-order valence-electron chi connectivity index (χ3n) is 3.65. The lowest BCUT2D eigenvalue weighted by atomic mass is 9.95. The van der Waals surface area contributed by atoms with Gasteiger partial charge in [0, 0.05) is 6.04 Å². The van der Waals surface area contributed by atoms with Crippen molar-refractivity contribution in [1.29, 1.82) is 0 Å². The first-order chi connectivity index (χ1) is 9.02. The van der Waals surface area contributed by atoms with E-state index in [1.807, 2.05) is 6.92 Å². The Kier molecular flexibility index (Phi) is 4.50. The minimum Gasteiger partial charge on any atom is -0.310 e. The highest BCUT2D eigenvalue weighted by Crippen LogP contribution is 2.39. The molecule has 0 radical (unpaired) electrons. The van der Waals surface area contributed by atoms with Crippen LogP contribution in [0.3, 0.4) is 0 Å². The van der Waals surface area contributed by atoms with Crippen molar-refractivity contribution in [2.24, 2.45) is 5.92 Å². The normalized spacial score (nSPS) is 17.5. The average Bonchev–Trinajstić information content (AvgIpc) is 3.17. The van der Waals surface area contributed by atoms with Crippen molar-refractivity contribution in [2.45, 2.75) is 44.8 Å². The van der Waals surface area contributed by atoms with Gasteiger partial charge >= 0.3 is 6.18 Å². The Hall–Kier alpha value is -1.03. The van der Waals surface area contributed by atoms with Gasteiger partial charge < -0.3 is 5.32 Å². The number of nitrogens with one attached hydrogen (secondary N) is 1. The van der Waals surface area contributed by atoms with Crippen LogP contribution in [0.25, 0.3) is 0 Å². The monoisotopic (exact) mass is 271 g/mol. The fourth-order valence-corrected chi connectivity index (χ4v) is 2.48. The van der Waals surface area contributed by atoms with E-state index in [2.05, 4.69) is 5.32 Å². The molecule has 19 heavy (non-hydrogen) atoms. The fourth-order valence-electron chi connectivity index (χ4n) is 2.48. The average molecular weight is 271 g/mol. The molecule has 1 unspecified atom stereocenters. The molecule has 0 aromatic heterocycles.